The minimum atomic E-state index is -0.0438. The summed E-state index contributed by atoms with van der Waals surface area (Å²) < 4.78 is 1.68. The maximum Gasteiger partial charge on any atom is 0.262 e. The molecule has 0 unspecified atom stereocenters. The Morgan fingerprint density at radius 3 is 2.56 bits per heavy atom. The van der Waals surface area contributed by atoms with Gasteiger partial charge in [0.1, 0.15) is 0 Å². The van der Waals surface area contributed by atoms with Crippen LogP contribution in [-0.4, -0.2) is 21.1 Å². The topological polar surface area (TPSA) is 52.0 Å². The minimum absolute atomic E-state index is 0.0375. The van der Waals surface area contributed by atoms with Crippen molar-refractivity contribution in [1.82, 2.24) is 9.55 Å². The lowest BCUT2D eigenvalue weighted by molar-refractivity contribution is 0.102. The molecule has 25 heavy (non-hydrogen) atoms. The number of para-hydroxylation sites is 1. The molecule has 128 valence electrons. The Morgan fingerprint density at radius 2 is 1.84 bits per heavy atom. The molecular formula is C20H20N2O2S. The number of aromatic nitrogens is 2. The predicted molar refractivity (Wildman–Crippen MR) is 103 cm³/mol. The van der Waals surface area contributed by atoms with Crippen molar-refractivity contribution in [3.05, 3.63) is 70.0 Å². The van der Waals surface area contributed by atoms with E-state index >= 15 is 0 Å². The standard InChI is InChI=1S/C20H20N2O2S/c1-3-12-22-19(24)16-6-4-5-7-17(16)21-20(22)25-13-18(23)15-10-8-14(2)9-11-15/h4-11H,3,12-13H2,1-2H3. The van der Waals surface area contributed by atoms with Crippen molar-refractivity contribution >= 4 is 28.4 Å². The zero-order valence-electron chi connectivity index (χ0n) is 14.4. The van der Waals surface area contributed by atoms with Crippen molar-refractivity contribution in [2.75, 3.05) is 5.75 Å². The first-order valence-electron chi connectivity index (χ1n) is 8.32. The quantitative estimate of drug-likeness (QED) is 0.381. The number of benzene rings is 2. The van der Waals surface area contributed by atoms with Crippen LogP contribution >= 0.6 is 11.8 Å². The number of nitrogens with zero attached hydrogens (tertiary/aromatic N) is 2. The number of ketones is 1. The molecule has 2 aromatic carbocycles. The van der Waals surface area contributed by atoms with Crippen LogP contribution in [0, 0.1) is 6.92 Å². The Kier molecular flexibility index (Phi) is 5.34. The number of carbonyl (C=O) groups is 1. The lowest BCUT2D eigenvalue weighted by Gasteiger charge is -2.12. The fourth-order valence-electron chi connectivity index (χ4n) is 2.63. The minimum Gasteiger partial charge on any atom is -0.293 e. The first-order chi connectivity index (χ1) is 12.1. The molecule has 0 bridgehead atoms. The normalized spacial score (nSPS) is 11.0. The van der Waals surface area contributed by atoms with E-state index in [-0.39, 0.29) is 17.1 Å². The van der Waals surface area contributed by atoms with Gasteiger partial charge in [0, 0.05) is 12.1 Å². The Bertz CT molecular complexity index is 962. The molecule has 0 atom stereocenters. The van der Waals surface area contributed by atoms with Gasteiger partial charge in [-0.15, -0.1) is 0 Å². The molecule has 0 fully saturated rings. The SMILES string of the molecule is CCCn1c(SCC(=O)c2ccc(C)cc2)nc2ccccc2c1=O. The molecule has 5 heteroatoms. The van der Waals surface area contributed by atoms with Crippen LogP contribution in [0.25, 0.3) is 10.9 Å². The van der Waals surface area contributed by atoms with Crippen LogP contribution in [0.15, 0.2) is 58.5 Å². The maximum atomic E-state index is 12.7. The summed E-state index contributed by atoms with van der Waals surface area (Å²) in [6.45, 7) is 4.61. The third-order valence-electron chi connectivity index (χ3n) is 3.98. The van der Waals surface area contributed by atoms with E-state index in [2.05, 4.69) is 4.98 Å². The summed E-state index contributed by atoms with van der Waals surface area (Å²) in [6, 6.07) is 14.9. The van der Waals surface area contributed by atoms with E-state index in [0.717, 1.165) is 12.0 Å². The highest BCUT2D eigenvalue weighted by Gasteiger charge is 2.13. The van der Waals surface area contributed by atoms with Crippen molar-refractivity contribution in [3.8, 4) is 0 Å². The van der Waals surface area contributed by atoms with Gasteiger partial charge in [0.05, 0.1) is 16.7 Å². The molecule has 0 saturated heterocycles. The molecule has 0 aliphatic carbocycles. The Balaban J connectivity index is 1.89. The van der Waals surface area contributed by atoms with Crippen LogP contribution in [-0.2, 0) is 6.54 Å². The second kappa shape index (κ2) is 7.66. The van der Waals surface area contributed by atoms with E-state index in [9.17, 15) is 9.59 Å². The lowest BCUT2D eigenvalue weighted by atomic mass is 10.1. The van der Waals surface area contributed by atoms with Crippen molar-refractivity contribution in [2.24, 2.45) is 0 Å². The molecule has 0 aliphatic rings. The van der Waals surface area contributed by atoms with Gasteiger partial charge in [-0.1, -0.05) is 60.6 Å². The molecule has 3 rings (SSSR count). The summed E-state index contributed by atoms with van der Waals surface area (Å²) in [7, 11) is 0. The van der Waals surface area contributed by atoms with Crippen molar-refractivity contribution in [3.63, 3.8) is 0 Å². The van der Waals surface area contributed by atoms with Gasteiger partial charge in [0.25, 0.3) is 5.56 Å². The molecule has 1 aromatic heterocycles. The summed E-state index contributed by atoms with van der Waals surface area (Å²) in [6.07, 6.45) is 0.833. The van der Waals surface area contributed by atoms with E-state index in [1.54, 1.807) is 10.6 Å². The fraction of sp³-hybridized carbons (Fsp3) is 0.250. The van der Waals surface area contributed by atoms with Crippen LogP contribution < -0.4 is 5.56 Å². The summed E-state index contributed by atoms with van der Waals surface area (Å²) in [5.41, 5.74) is 2.43. The van der Waals surface area contributed by atoms with Gasteiger partial charge >= 0.3 is 0 Å². The largest absolute Gasteiger partial charge is 0.293 e. The van der Waals surface area contributed by atoms with Crippen molar-refractivity contribution < 1.29 is 4.79 Å². The van der Waals surface area contributed by atoms with Crippen molar-refractivity contribution in [2.45, 2.75) is 32.0 Å². The van der Waals surface area contributed by atoms with Crippen LogP contribution in [0.2, 0.25) is 0 Å². The monoisotopic (exact) mass is 352 g/mol. The van der Waals surface area contributed by atoms with E-state index in [1.807, 2.05) is 56.3 Å². The van der Waals surface area contributed by atoms with Gasteiger partial charge in [0.2, 0.25) is 0 Å². The molecule has 0 spiro atoms. The zero-order valence-corrected chi connectivity index (χ0v) is 15.2. The number of rotatable bonds is 6. The highest BCUT2D eigenvalue weighted by Crippen LogP contribution is 2.19. The summed E-state index contributed by atoms with van der Waals surface area (Å²) in [5.74, 6) is 0.299. The van der Waals surface area contributed by atoms with Gasteiger partial charge in [0.15, 0.2) is 10.9 Å². The second-order valence-electron chi connectivity index (χ2n) is 5.95. The molecule has 0 N–H and O–H groups in total. The number of hydrogen-bond acceptors (Lipinski definition) is 4. The molecular weight excluding hydrogens is 332 g/mol. The average molecular weight is 352 g/mol. The molecule has 4 nitrogen and oxygen atoms in total. The number of hydrogen-bond donors (Lipinski definition) is 0. The van der Waals surface area contributed by atoms with Crippen LogP contribution in [0.3, 0.4) is 0 Å². The molecule has 1 heterocycles. The van der Waals surface area contributed by atoms with E-state index in [4.69, 9.17) is 0 Å². The number of fused-ring (bicyclic) bond motifs is 1. The van der Waals surface area contributed by atoms with E-state index < -0.39 is 0 Å². The van der Waals surface area contributed by atoms with E-state index in [1.165, 1.54) is 11.8 Å². The summed E-state index contributed by atoms with van der Waals surface area (Å²) >= 11 is 1.33. The van der Waals surface area contributed by atoms with Gasteiger partial charge < -0.3 is 0 Å². The fourth-order valence-corrected chi connectivity index (χ4v) is 3.55. The molecule has 0 radical (unpaired) electrons. The second-order valence-corrected chi connectivity index (χ2v) is 6.89. The third-order valence-corrected chi connectivity index (χ3v) is 4.96. The molecule has 0 saturated carbocycles. The van der Waals surface area contributed by atoms with Crippen LogP contribution in [0.1, 0.15) is 29.3 Å². The van der Waals surface area contributed by atoms with Gasteiger partial charge in [-0.25, -0.2) is 4.98 Å². The van der Waals surface area contributed by atoms with Crippen molar-refractivity contribution in [1.29, 1.82) is 0 Å². The number of carbonyl (C=O) groups excluding carboxylic acids is 1. The summed E-state index contributed by atoms with van der Waals surface area (Å²) in [5, 5.41) is 1.22. The first kappa shape index (κ1) is 17.4. The predicted octanol–water partition coefficient (Wildman–Crippen LogP) is 4.09. The van der Waals surface area contributed by atoms with Gasteiger partial charge in [-0.3, -0.25) is 14.2 Å². The highest BCUT2D eigenvalue weighted by atomic mass is 32.2. The Morgan fingerprint density at radius 1 is 1.12 bits per heavy atom. The zero-order chi connectivity index (χ0) is 17.8. The average Bonchev–Trinajstić information content (AvgIpc) is 2.63. The maximum absolute atomic E-state index is 12.7. The highest BCUT2D eigenvalue weighted by molar-refractivity contribution is 7.99. The van der Waals surface area contributed by atoms with E-state index in [0.29, 0.717) is 28.2 Å². The molecule has 0 amide bonds. The van der Waals surface area contributed by atoms with Crippen LogP contribution in [0.4, 0.5) is 0 Å². The van der Waals surface area contributed by atoms with Gasteiger partial charge in [-0.05, 0) is 25.5 Å². The molecule has 3 aromatic rings. The number of Topliss-reactive ketones (excluding diaryl/α,β-unsaturated/α-hetero) is 1. The Labute approximate surface area is 150 Å². The van der Waals surface area contributed by atoms with Gasteiger partial charge in [-0.2, -0.15) is 0 Å². The number of aryl methyl sites for hydroxylation is 1. The number of thioether (sulfide) groups is 1. The van der Waals surface area contributed by atoms with Crippen LogP contribution in [0.5, 0.6) is 0 Å². The summed E-state index contributed by atoms with van der Waals surface area (Å²) in [4.78, 5) is 29.7. The lowest BCUT2D eigenvalue weighted by Crippen LogP contribution is -2.23. The third kappa shape index (κ3) is 3.82. The first-order valence-corrected chi connectivity index (χ1v) is 9.31. The molecule has 0 aliphatic heterocycles. The smallest absolute Gasteiger partial charge is 0.262 e. The Hall–Kier alpha value is -2.40.